The Morgan fingerprint density at radius 3 is 2.74 bits per heavy atom. The third kappa shape index (κ3) is 3.40. The molecule has 0 unspecified atom stereocenters. The minimum absolute atomic E-state index is 0.107. The van der Waals surface area contributed by atoms with Gasteiger partial charge in [0.15, 0.2) is 5.75 Å². The van der Waals surface area contributed by atoms with Crippen LogP contribution in [0.1, 0.15) is 10.4 Å². The highest BCUT2D eigenvalue weighted by molar-refractivity contribution is 6.02. The quantitative estimate of drug-likeness (QED) is 0.711. The number of hydrogen-bond acceptors (Lipinski definition) is 4. The molecule has 116 valence electrons. The molecule has 0 aliphatic rings. The van der Waals surface area contributed by atoms with Gasteiger partial charge in [0.1, 0.15) is 17.9 Å². The van der Waals surface area contributed by atoms with Crippen molar-refractivity contribution >= 4 is 16.8 Å². The second-order valence-corrected chi connectivity index (χ2v) is 4.95. The Kier molecular flexibility index (Phi) is 4.38. The average molecular weight is 308 g/mol. The predicted octanol–water partition coefficient (Wildman–Crippen LogP) is 2.75. The Bertz CT molecular complexity index is 819. The molecule has 3 aromatic rings. The van der Waals surface area contributed by atoms with Gasteiger partial charge in [-0.05, 0) is 24.3 Å². The van der Waals surface area contributed by atoms with Crippen LogP contribution in [0.25, 0.3) is 10.9 Å². The number of nitrogens with zero attached hydrogens (tertiary/aromatic N) is 1. The summed E-state index contributed by atoms with van der Waals surface area (Å²) < 4.78 is 5.50. The van der Waals surface area contributed by atoms with Crippen molar-refractivity contribution in [3.05, 3.63) is 66.4 Å². The highest BCUT2D eigenvalue weighted by Gasteiger charge is 2.14. The molecule has 0 radical (unpaired) electrons. The van der Waals surface area contributed by atoms with Gasteiger partial charge < -0.3 is 15.2 Å². The molecule has 2 N–H and O–H groups in total. The lowest BCUT2D eigenvalue weighted by Crippen LogP contribution is -2.28. The van der Waals surface area contributed by atoms with E-state index in [1.165, 1.54) is 0 Å². The summed E-state index contributed by atoms with van der Waals surface area (Å²) in [6.45, 7) is 0.690. The minimum Gasteiger partial charge on any atom is -0.505 e. The fraction of sp³-hybridized carbons (Fsp3) is 0.111. The van der Waals surface area contributed by atoms with Gasteiger partial charge >= 0.3 is 0 Å². The summed E-state index contributed by atoms with van der Waals surface area (Å²) in [6, 6.07) is 16.3. The standard InChI is InChI=1S/C18H16N2O3/c21-17-15(9-8-13-5-4-10-19-16(13)17)18(22)20-11-12-23-14-6-2-1-3-7-14/h1-10,21H,11-12H2,(H,20,22). The fourth-order valence-electron chi connectivity index (χ4n) is 2.26. The number of nitrogens with one attached hydrogen (secondary N) is 1. The summed E-state index contributed by atoms with van der Waals surface area (Å²) in [4.78, 5) is 16.3. The molecule has 5 nitrogen and oxygen atoms in total. The number of carbonyl (C=O) groups excluding carboxylic acids is 1. The zero-order valence-corrected chi connectivity index (χ0v) is 12.4. The number of aromatic nitrogens is 1. The van der Waals surface area contributed by atoms with Gasteiger partial charge in [-0.15, -0.1) is 0 Å². The van der Waals surface area contributed by atoms with Crippen molar-refractivity contribution in [2.24, 2.45) is 0 Å². The van der Waals surface area contributed by atoms with Crippen molar-refractivity contribution in [1.29, 1.82) is 0 Å². The maximum absolute atomic E-state index is 12.2. The number of phenols is 1. The number of pyridine rings is 1. The number of ether oxygens (including phenoxy) is 1. The van der Waals surface area contributed by atoms with Crippen LogP contribution >= 0.6 is 0 Å². The molecular weight excluding hydrogens is 292 g/mol. The Labute approximate surface area is 133 Å². The first-order valence-electron chi connectivity index (χ1n) is 7.28. The van der Waals surface area contributed by atoms with E-state index in [9.17, 15) is 9.90 Å². The second kappa shape index (κ2) is 6.79. The van der Waals surface area contributed by atoms with Gasteiger partial charge in [0, 0.05) is 11.6 Å². The third-order valence-electron chi connectivity index (χ3n) is 3.39. The van der Waals surface area contributed by atoms with Crippen LogP contribution in [0.3, 0.4) is 0 Å². The van der Waals surface area contributed by atoms with Crippen LogP contribution in [0, 0.1) is 0 Å². The number of fused-ring (bicyclic) bond motifs is 1. The summed E-state index contributed by atoms with van der Waals surface area (Å²) in [5, 5.41) is 13.7. The SMILES string of the molecule is O=C(NCCOc1ccccc1)c1ccc2cccnc2c1O. The Morgan fingerprint density at radius 2 is 1.91 bits per heavy atom. The van der Waals surface area contributed by atoms with Gasteiger partial charge in [0.05, 0.1) is 12.1 Å². The van der Waals surface area contributed by atoms with Crippen molar-refractivity contribution in [3.8, 4) is 11.5 Å². The largest absolute Gasteiger partial charge is 0.505 e. The summed E-state index contributed by atoms with van der Waals surface area (Å²) in [7, 11) is 0. The summed E-state index contributed by atoms with van der Waals surface area (Å²) >= 11 is 0. The highest BCUT2D eigenvalue weighted by Crippen LogP contribution is 2.26. The number of phenolic OH excluding ortho intramolecular Hbond substituents is 1. The van der Waals surface area contributed by atoms with E-state index < -0.39 is 0 Å². The number of hydrogen-bond donors (Lipinski definition) is 2. The lowest BCUT2D eigenvalue weighted by Gasteiger charge is -2.09. The third-order valence-corrected chi connectivity index (χ3v) is 3.39. The second-order valence-electron chi connectivity index (χ2n) is 4.95. The number of para-hydroxylation sites is 1. The van der Waals surface area contributed by atoms with Crippen LogP contribution in [-0.4, -0.2) is 29.1 Å². The van der Waals surface area contributed by atoms with E-state index >= 15 is 0 Å². The molecule has 0 saturated carbocycles. The molecular formula is C18H16N2O3. The van der Waals surface area contributed by atoms with Crippen LogP contribution in [0.4, 0.5) is 0 Å². The molecule has 1 aromatic heterocycles. The lowest BCUT2D eigenvalue weighted by atomic mass is 10.1. The molecule has 0 saturated heterocycles. The maximum atomic E-state index is 12.2. The molecule has 3 rings (SSSR count). The molecule has 0 bridgehead atoms. The first-order chi connectivity index (χ1) is 11.3. The molecule has 1 amide bonds. The van der Waals surface area contributed by atoms with E-state index in [1.54, 1.807) is 24.4 Å². The zero-order valence-electron chi connectivity index (χ0n) is 12.4. The van der Waals surface area contributed by atoms with Gasteiger partial charge in [-0.1, -0.05) is 30.3 Å². The average Bonchev–Trinajstić information content (AvgIpc) is 2.60. The minimum atomic E-state index is -0.355. The van der Waals surface area contributed by atoms with Gasteiger partial charge in [-0.3, -0.25) is 9.78 Å². The van der Waals surface area contributed by atoms with E-state index in [-0.39, 0.29) is 17.2 Å². The molecule has 0 fully saturated rings. The van der Waals surface area contributed by atoms with E-state index in [0.29, 0.717) is 18.7 Å². The van der Waals surface area contributed by atoms with E-state index in [1.807, 2.05) is 36.4 Å². The van der Waals surface area contributed by atoms with Crippen molar-refractivity contribution in [2.45, 2.75) is 0 Å². The predicted molar refractivity (Wildman–Crippen MR) is 87.7 cm³/mol. The topological polar surface area (TPSA) is 71.5 Å². The Morgan fingerprint density at radius 1 is 1.09 bits per heavy atom. The molecule has 5 heteroatoms. The normalized spacial score (nSPS) is 10.4. The van der Waals surface area contributed by atoms with Crippen LogP contribution in [0.5, 0.6) is 11.5 Å². The summed E-state index contributed by atoms with van der Waals surface area (Å²) in [6.07, 6.45) is 1.58. The smallest absolute Gasteiger partial charge is 0.255 e. The van der Waals surface area contributed by atoms with Crippen LogP contribution < -0.4 is 10.1 Å². The maximum Gasteiger partial charge on any atom is 0.255 e. The van der Waals surface area contributed by atoms with E-state index in [4.69, 9.17) is 4.74 Å². The highest BCUT2D eigenvalue weighted by atomic mass is 16.5. The molecule has 0 aliphatic carbocycles. The lowest BCUT2D eigenvalue weighted by molar-refractivity contribution is 0.0944. The van der Waals surface area contributed by atoms with Gasteiger partial charge in [-0.25, -0.2) is 0 Å². The van der Waals surface area contributed by atoms with Gasteiger partial charge in [0.2, 0.25) is 0 Å². The molecule has 0 spiro atoms. The molecule has 23 heavy (non-hydrogen) atoms. The molecule has 2 aromatic carbocycles. The number of benzene rings is 2. The van der Waals surface area contributed by atoms with E-state index in [0.717, 1.165) is 11.1 Å². The molecule has 0 atom stereocenters. The van der Waals surface area contributed by atoms with Crippen molar-refractivity contribution in [3.63, 3.8) is 0 Å². The first kappa shape index (κ1) is 14.8. The van der Waals surface area contributed by atoms with Gasteiger partial charge in [0.25, 0.3) is 5.91 Å². The summed E-state index contributed by atoms with van der Waals surface area (Å²) in [5.74, 6) is 0.288. The first-order valence-corrected chi connectivity index (χ1v) is 7.28. The van der Waals surface area contributed by atoms with Crippen LogP contribution in [0.2, 0.25) is 0 Å². The monoisotopic (exact) mass is 308 g/mol. The summed E-state index contributed by atoms with van der Waals surface area (Å²) in [5.41, 5.74) is 0.622. The number of carbonyl (C=O) groups is 1. The van der Waals surface area contributed by atoms with E-state index in [2.05, 4.69) is 10.3 Å². The van der Waals surface area contributed by atoms with Crippen molar-refractivity contribution in [2.75, 3.05) is 13.2 Å². The zero-order chi connectivity index (χ0) is 16.1. The Hall–Kier alpha value is -3.08. The number of aromatic hydroxyl groups is 1. The van der Waals surface area contributed by atoms with Crippen molar-refractivity contribution in [1.82, 2.24) is 10.3 Å². The Balaban J connectivity index is 1.61. The number of amides is 1. The van der Waals surface area contributed by atoms with Crippen molar-refractivity contribution < 1.29 is 14.6 Å². The molecule has 0 aliphatic heterocycles. The fourth-order valence-corrected chi connectivity index (χ4v) is 2.26. The number of rotatable bonds is 5. The van der Waals surface area contributed by atoms with Gasteiger partial charge in [-0.2, -0.15) is 0 Å². The van der Waals surface area contributed by atoms with Crippen LogP contribution in [-0.2, 0) is 0 Å². The van der Waals surface area contributed by atoms with Crippen LogP contribution in [0.15, 0.2) is 60.8 Å². The molecule has 1 heterocycles.